The van der Waals surface area contributed by atoms with Gasteiger partial charge in [0.05, 0.1) is 23.0 Å². The molecule has 2 N–H and O–H groups in total. The summed E-state index contributed by atoms with van der Waals surface area (Å²) in [5, 5.41) is 5.19. The van der Waals surface area contributed by atoms with E-state index in [4.69, 9.17) is 9.47 Å². The number of carbonyl (C=O) groups is 4. The van der Waals surface area contributed by atoms with Gasteiger partial charge in [-0.25, -0.2) is 4.79 Å². The summed E-state index contributed by atoms with van der Waals surface area (Å²) in [7, 11) is 1.47. The molecule has 8 nitrogen and oxygen atoms in total. The number of carbonyl (C=O) groups excluding carboxylic acids is 4. The smallest absolute Gasteiger partial charge is 0.341 e. The predicted octanol–water partition coefficient (Wildman–Crippen LogP) is 2.12. The van der Waals surface area contributed by atoms with E-state index >= 15 is 0 Å². The number of anilines is 1. The van der Waals surface area contributed by atoms with Crippen molar-refractivity contribution >= 4 is 40.1 Å². The highest BCUT2D eigenvalue weighted by atomic mass is 32.1. The highest BCUT2D eigenvalue weighted by Gasteiger charge is 2.26. The minimum atomic E-state index is -0.636. The Bertz CT molecular complexity index is 698. The first-order chi connectivity index (χ1) is 12.3. The van der Waals surface area contributed by atoms with Gasteiger partial charge in [-0.05, 0) is 25.8 Å². The zero-order valence-electron chi connectivity index (χ0n) is 15.6. The van der Waals surface area contributed by atoms with E-state index in [0.717, 1.165) is 11.3 Å². The second kappa shape index (κ2) is 9.91. The van der Waals surface area contributed by atoms with E-state index in [2.05, 4.69) is 10.6 Å². The fourth-order valence-electron chi connectivity index (χ4n) is 1.99. The SMILES string of the molecule is CCOC(=O)c1c(NC(=O)COC(=O)C(C)CC)sc(C(=O)NC)c1C. The van der Waals surface area contributed by atoms with Crippen molar-refractivity contribution in [2.24, 2.45) is 5.92 Å². The van der Waals surface area contributed by atoms with E-state index in [-0.39, 0.29) is 29.0 Å². The van der Waals surface area contributed by atoms with Crippen LogP contribution in [0.3, 0.4) is 0 Å². The largest absolute Gasteiger partial charge is 0.462 e. The van der Waals surface area contributed by atoms with Crippen molar-refractivity contribution in [3.05, 3.63) is 16.0 Å². The maximum absolute atomic E-state index is 12.2. The summed E-state index contributed by atoms with van der Waals surface area (Å²) in [6, 6.07) is 0. The van der Waals surface area contributed by atoms with Crippen LogP contribution in [0.4, 0.5) is 5.00 Å². The molecule has 1 aromatic heterocycles. The van der Waals surface area contributed by atoms with Gasteiger partial charge in [-0.1, -0.05) is 13.8 Å². The average Bonchev–Trinajstić information content (AvgIpc) is 2.94. The Labute approximate surface area is 156 Å². The van der Waals surface area contributed by atoms with Crippen LogP contribution < -0.4 is 10.6 Å². The zero-order valence-corrected chi connectivity index (χ0v) is 16.4. The van der Waals surface area contributed by atoms with Crippen molar-refractivity contribution in [1.82, 2.24) is 5.32 Å². The Kier molecular flexibility index (Phi) is 8.24. The monoisotopic (exact) mass is 384 g/mol. The molecule has 26 heavy (non-hydrogen) atoms. The van der Waals surface area contributed by atoms with Gasteiger partial charge in [0.25, 0.3) is 11.8 Å². The molecular formula is C17H24N2O6S. The van der Waals surface area contributed by atoms with Crippen LogP contribution in [-0.4, -0.2) is 44.0 Å². The lowest BCUT2D eigenvalue weighted by Gasteiger charge is -2.10. The molecule has 144 valence electrons. The molecule has 0 spiro atoms. The van der Waals surface area contributed by atoms with Gasteiger partial charge < -0.3 is 20.1 Å². The van der Waals surface area contributed by atoms with E-state index < -0.39 is 24.5 Å². The van der Waals surface area contributed by atoms with Gasteiger partial charge in [0.1, 0.15) is 5.00 Å². The molecule has 0 aliphatic rings. The van der Waals surface area contributed by atoms with E-state index in [9.17, 15) is 19.2 Å². The van der Waals surface area contributed by atoms with Crippen LogP contribution in [0.2, 0.25) is 0 Å². The first-order valence-electron chi connectivity index (χ1n) is 8.25. The average molecular weight is 384 g/mol. The number of amides is 2. The highest BCUT2D eigenvalue weighted by molar-refractivity contribution is 7.18. The third kappa shape index (κ3) is 5.29. The first-order valence-corrected chi connectivity index (χ1v) is 9.07. The lowest BCUT2D eigenvalue weighted by Crippen LogP contribution is -2.24. The number of thiophene rings is 1. The van der Waals surface area contributed by atoms with Crippen molar-refractivity contribution in [2.45, 2.75) is 34.1 Å². The molecule has 0 radical (unpaired) electrons. The molecule has 0 aromatic carbocycles. The summed E-state index contributed by atoms with van der Waals surface area (Å²) in [5.41, 5.74) is 0.539. The van der Waals surface area contributed by atoms with Crippen LogP contribution in [-0.2, 0) is 19.1 Å². The number of nitrogens with one attached hydrogen (secondary N) is 2. The van der Waals surface area contributed by atoms with Gasteiger partial charge in [0, 0.05) is 7.05 Å². The van der Waals surface area contributed by atoms with Gasteiger partial charge in [0.2, 0.25) is 0 Å². The molecule has 0 aliphatic carbocycles. The molecule has 2 amide bonds. The Balaban J connectivity index is 2.99. The summed E-state index contributed by atoms with van der Waals surface area (Å²) < 4.78 is 9.94. The van der Waals surface area contributed by atoms with Crippen LogP contribution in [0.5, 0.6) is 0 Å². The Morgan fingerprint density at radius 2 is 1.81 bits per heavy atom. The lowest BCUT2D eigenvalue weighted by molar-refractivity contribution is -0.151. The second-order valence-corrected chi connectivity index (χ2v) is 6.55. The van der Waals surface area contributed by atoms with E-state index in [0.29, 0.717) is 16.9 Å². The number of ether oxygens (including phenoxy) is 2. The molecule has 1 unspecified atom stereocenters. The van der Waals surface area contributed by atoms with Gasteiger partial charge in [-0.3, -0.25) is 14.4 Å². The van der Waals surface area contributed by atoms with E-state index in [1.165, 1.54) is 7.05 Å². The molecule has 1 atom stereocenters. The summed E-state index contributed by atoms with van der Waals surface area (Å²) in [6.45, 7) is 6.49. The van der Waals surface area contributed by atoms with Crippen molar-refractivity contribution in [2.75, 3.05) is 25.6 Å². The third-order valence-electron chi connectivity index (χ3n) is 3.67. The highest BCUT2D eigenvalue weighted by Crippen LogP contribution is 2.33. The van der Waals surface area contributed by atoms with Crippen molar-refractivity contribution in [3.63, 3.8) is 0 Å². The van der Waals surface area contributed by atoms with Crippen LogP contribution in [0.25, 0.3) is 0 Å². The topological polar surface area (TPSA) is 111 Å². The van der Waals surface area contributed by atoms with Gasteiger partial charge in [-0.15, -0.1) is 11.3 Å². The van der Waals surface area contributed by atoms with Gasteiger partial charge >= 0.3 is 11.9 Å². The van der Waals surface area contributed by atoms with Crippen LogP contribution in [0, 0.1) is 12.8 Å². The second-order valence-electron chi connectivity index (χ2n) is 5.53. The normalized spacial score (nSPS) is 11.4. The standard InChI is InChI=1S/C17H24N2O6S/c1-6-9(3)16(22)25-8-11(20)19-15-12(17(23)24-7-2)10(4)13(26-15)14(21)18-5/h9H,6-8H2,1-5H3,(H,18,21)(H,19,20). The zero-order chi connectivity index (χ0) is 19.9. The molecule has 0 saturated heterocycles. The maximum atomic E-state index is 12.2. The minimum absolute atomic E-state index is 0.122. The molecule has 0 saturated carbocycles. The molecule has 0 aliphatic heterocycles. The maximum Gasteiger partial charge on any atom is 0.341 e. The predicted molar refractivity (Wildman–Crippen MR) is 97.4 cm³/mol. The summed E-state index contributed by atoms with van der Waals surface area (Å²) in [5.74, 6) is -2.38. The first kappa shape index (κ1) is 21.6. The summed E-state index contributed by atoms with van der Waals surface area (Å²) >= 11 is 0.961. The van der Waals surface area contributed by atoms with Crippen LogP contribution in [0.1, 0.15) is 52.8 Å². The van der Waals surface area contributed by atoms with Crippen LogP contribution in [0.15, 0.2) is 0 Å². The number of esters is 2. The van der Waals surface area contributed by atoms with Crippen molar-refractivity contribution < 1.29 is 28.7 Å². The molecule has 1 rings (SSSR count). The Morgan fingerprint density at radius 3 is 2.35 bits per heavy atom. The number of hydrogen-bond acceptors (Lipinski definition) is 7. The van der Waals surface area contributed by atoms with Gasteiger partial charge in [-0.2, -0.15) is 0 Å². The van der Waals surface area contributed by atoms with Gasteiger partial charge in [0.15, 0.2) is 6.61 Å². The minimum Gasteiger partial charge on any atom is -0.462 e. The number of rotatable bonds is 8. The summed E-state index contributed by atoms with van der Waals surface area (Å²) in [4.78, 5) is 48.2. The van der Waals surface area contributed by atoms with Crippen LogP contribution >= 0.6 is 11.3 Å². The van der Waals surface area contributed by atoms with E-state index in [1.807, 2.05) is 6.92 Å². The third-order valence-corrected chi connectivity index (χ3v) is 4.88. The van der Waals surface area contributed by atoms with Crippen molar-refractivity contribution in [3.8, 4) is 0 Å². The molecular weight excluding hydrogens is 360 g/mol. The number of hydrogen-bond donors (Lipinski definition) is 2. The lowest BCUT2D eigenvalue weighted by atomic mass is 10.1. The molecule has 0 bridgehead atoms. The molecule has 1 aromatic rings. The molecule has 9 heteroatoms. The quantitative estimate of drug-likeness (QED) is 0.664. The van der Waals surface area contributed by atoms with Crippen molar-refractivity contribution in [1.29, 1.82) is 0 Å². The fourth-order valence-corrected chi connectivity index (χ4v) is 3.15. The molecule has 1 heterocycles. The Morgan fingerprint density at radius 1 is 1.15 bits per heavy atom. The summed E-state index contributed by atoms with van der Waals surface area (Å²) in [6.07, 6.45) is 0.604. The molecule has 0 fully saturated rings. The fraction of sp³-hybridized carbons (Fsp3) is 0.529. The van der Waals surface area contributed by atoms with E-state index in [1.54, 1.807) is 20.8 Å². The Hall–Kier alpha value is -2.42.